The fourth-order valence-electron chi connectivity index (χ4n) is 1.46. The van der Waals surface area contributed by atoms with E-state index in [9.17, 15) is 0 Å². The van der Waals surface area contributed by atoms with Crippen molar-refractivity contribution in [2.24, 2.45) is 0 Å². The third-order valence-corrected chi connectivity index (χ3v) is 3.89. The molecule has 0 radical (unpaired) electrons. The number of nitrogens with two attached hydrogens (primary N) is 1. The third kappa shape index (κ3) is 2.61. The summed E-state index contributed by atoms with van der Waals surface area (Å²) < 4.78 is 9.54. The van der Waals surface area contributed by atoms with Crippen LogP contribution in [0, 0.1) is 0 Å². The van der Waals surface area contributed by atoms with E-state index in [1.807, 2.05) is 24.3 Å². The van der Waals surface area contributed by atoms with Gasteiger partial charge in [0.2, 0.25) is 11.5 Å². The summed E-state index contributed by atoms with van der Waals surface area (Å²) in [6.45, 7) is 0. The van der Waals surface area contributed by atoms with Gasteiger partial charge in [-0.05, 0) is 22.4 Å². The summed E-state index contributed by atoms with van der Waals surface area (Å²) in [7, 11) is 0. The number of nitrogens with zero attached hydrogens (tertiary/aromatic N) is 4. The van der Waals surface area contributed by atoms with Crippen molar-refractivity contribution < 1.29 is 9.15 Å². The molecule has 0 bridgehead atoms. The lowest BCUT2D eigenvalue weighted by Gasteiger charge is -2.00. The quantitative estimate of drug-likeness (QED) is 0.733. The maximum Gasteiger partial charge on any atom is 0.284 e. The topological polar surface area (TPSA) is 104 Å². The summed E-state index contributed by atoms with van der Waals surface area (Å²) in [4.78, 5) is 5.12. The van der Waals surface area contributed by atoms with Crippen LogP contribution in [0.2, 0.25) is 5.02 Å². The van der Waals surface area contributed by atoms with Gasteiger partial charge in [-0.3, -0.25) is 0 Å². The smallest absolute Gasteiger partial charge is 0.284 e. The summed E-state index contributed by atoms with van der Waals surface area (Å²) >= 11 is 7.57. The Bertz CT molecular complexity index is 729. The molecule has 7 nitrogen and oxygen atoms in total. The van der Waals surface area contributed by atoms with Crippen LogP contribution in [0.25, 0.3) is 11.6 Å². The van der Waals surface area contributed by atoms with Crippen molar-refractivity contribution >= 4 is 29.2 Å². The van der Waals surface area contributed by atoms with E-state index < -0.39 is 0 Å². The maximum absolute atomic E-state index is 6.07. The van der Waals surface area contributed by atoms with Gasteiger partial charge in [-0.2, -0.15) is 4.98 Å². The normalized spacial score (nSPS) is 10.8. The van der Waals surface area contributed by atoms with E-state index in [-0.39, 0.29) is 17.4 Å². The van der Waals surface area contributed by atoms with Crippen LogP contribution < -0.4 is 5.73 Å². The van der Waals surface area contributed by atoms with E-state index >= 15 is 0 Å². The van der Waals surface area contributed by atoms with Gasteiger partial charge in [-0.15, -0.1) is 11.8 Å². The third-order valence-electron chi connectivity index (χ3n) is 2.38. The van der Waals surface area contributed by atoms with Crippen LogP contribution >= 0.6 is 23.4 Å². The Labute approximate surface area is 122 Å². The first-order valence-electron chi connectivity index (χ1n) is 5.52. The van der Waals surface area contributed by atoms with E-state index in [0.717, 1.165) is 4.90 Å². The van der Waals surface area contributed by atoms with Crippen molar-refractivity contribution in [1.82, 2.24) is 20.5 Å². The molecule has 102 valence electrons. The Kier molecular flexibility index (Phi) is 3.57. The zero-order valence-corrected chi connectivity index (χ0v) is 11.6. The number of halogens is 1. The van der Waals surface area contributed by atoms with Crippen molar-refractivity contribution in [2.75, 3.05) is 5.73 Å². The lowest BCUT2D eigenvalue weighted by Crippen LogP contribution is -1.89. The molecule has 3 rings (SSSR count). The predicted molar refractivity (Wildman–Crippen MR) is 73.0 cm³/mol. The SMILES string of the molecule is Nc1nonc1-c1nc(CSc2ccccc2Cl)no1. The molecule has 2 N–H and O–H groups in total. The molecule has 0 fully saturated rings. The highest BCUT2D eigenvalue weighted by molar-refractivity contribution is 7.98. The first-order chi connectivity index (χ1) is 9.74. The summed E-state index contributed by atoms with van der Waals surface area (Å²) in [6, 6.07) is 7.54. The van der Waals surface area contributed by atoms with Crippen LogP contribution in [0.15, 0.2) is 38.3 Å². The van der Waals surface area contributed by atoms with Crippen molar-refractivity contribution in [3.63, 3.8) is 0 Å². The number of thioether (sulfide) groups is 1. The number of aromatic nitrogens is 4. The number of hydrogen-bond donors (Lipinski definition) is 1. The minimum Gasteiger partial charge on any atom is -0.379 e. The van der Waals surface area contributed by atoms with Gasteiger partial charge < -0.3 is 10.3 Å². The van der Waals surface area contributed by atoms with Gasteiger partial charge in [-0.1, -0.05) is 28.9 Å². The van der Waals surface area contributed by atoms with E-state index in [0.29, 0.717) is 16.6 Å². The van der Waals surface area contributed by atoms with Crippen LogP contribution in [-0.4, -0.2) is 20.5 Å². The van der Waals surface area contributed by atoms with Gasteiger partial charge in [0.05, 0.1) is 10.8 Å². The first kappa shape index (κ1) is 12.9. The number of hydrogen-bond acceptors (Lipinski definition) is 8. The van der Waals surface area contributed by atoms with Gasteiger partial charge in [0, 0.05) is 4.90 Å². The molecule has 0 amide bonds. The average Bonchev–Trinajstić information content (AvgIpc) is 3.06. The second-order valence-corrected chi connectivity index (χ2v) is 5.16. The predicted octanol–water partition coefficient (Wildman–Crippen LogP) is 2.65. The van der Waals surface area contributed by atoms with Gasteiger partial charge in [0.25, 0.3) is 5.89 Å². The molecule has 0 aliphatic rings. The highest BCUT2D eigenvalue weighted by atomic mass is 35.5. The van der Waals surface area contributed by atoms with E-state index in [1.165, 1.54) is 11.8 Å². The van der Waals surface area contributed by atoms with Crippen molar-refractivity contribution in [1.29, 1.82) is 0 Å². The summed E-state index contributed by atoms with van der Waals surface area (Å²) in [5.74, 6) is 1.31. The summed E-state index contributed by atoms with van der Waals surface area (Å²) in [6.07, 6.45) is 0. The molecule has 20 heavy (non-hydrogen) atoms. The molecule has 0 atom stereocenters. The molecule has 0 aliphatic heterocycles. The number of rotatable bonds is 4. The number of benzene rings is 1. The number of anilines is 1. The Hall–Kier alpha value is -2.06. The zero-order valence-electron chi connectivity index (χ0n) is 9.99. The second kappa shape index (κ2) is 5.51. The molecule has 2 heterocycles. The standard InChI is InChI=1S/C11H8ClN5O2S/c12-6-3-1-2-4-7(6)20-5-8-14-11(18-15-8)9-10(13)17-19-16-9/h1-4H,5H2,(H2,13,17). The molecular weight excluding hydrogens is 302 g/mol. The lowest BCUT2D eigenvalue weighted by molar-refractivity contribution is 0.308. The largest absolute Gasteiger partial charge is 0.379 e. The minimum atomic E-state index is 0.110. The molecule has 1 aromatic carbocycles. The van der Waals surface area contributed by atoms with E-state index in [4.69, 9.17) is 21.9 Å². The molecule has 0 unspecified atom stereocenters. The highest BCUT2D eigenvalue weighted by Crippen LogP contribution is 2.29. The van der Waals surface area contributed by atoms with Crippen LogP contribution in [0.4, 0.5) is 5.82 Å². The van der Waals surface area contributed by atoms with Gasteiger partial charge in [0.15, 0.2) is 5.82 Å². The van der Waals surface area contributed by atoms with Crippen molar-refractivity contribution in [2.45, 2.75) is 10.6 Å². The van der Waals surface area contributed by atoms with Crippen LogP contribution in [-0.2, 0) is 5.75 Å². The average molecular weight is 310 g/mol. The molecule has 0 spiro atoms. The molecular formula is C11H8ClN5O2S. The molecule has 0 saturated carbocycles. The highest BCUT2D eigenvalue weighted by Gasteiger charge is 2.17. The molecule has 0 aliphatic carbocycles. The maximum atomic E-state index is 6.07. The lowest BCUT2D eigenvalue weighted by atomic mass is 10.4. The van der Waals surface area contributed by atoms with Crippen LogP contribution in [0.1, 0.15) is 5.82 Å². The summed E-state index contributed by atoms with van der Waals surface area (Å²) in [5.41, 5.74) is 5.79. The molecule has 0 saturated heterocycles. The molecule has 9 heteroatoms. The Morgan fingerprint density at radius 3 is 2.80 bits per heavy atom. The van der Waals surface area contributed by atoms with Crippen molar-refractivity contribution in [3.8, 4) is 11.6 Å². The van der Waals surface area contributed by atoms with E-state index in [1.54, 1.807) is 0 Å². The van der Waals surface area contributed by atoms with Gasteiger partial charge in [0.1, 0.15) is 0 Å². The fraction of sp³-hybridized carbons (Fsp3) is 0.0909. The molecule has 2 aromatic heterocycles. The number of nitrogen functional groups attached to an aromatic ring is 1. The summed E-state index contributed by atoms with van der Waals surface area (Å²) in [5, 5.41) is 11.6. The fourth-order valence-corrected chi connectivity index (χ4v) is 2.54. The van der Waals surface area contributed by atoms with Crippen LogP contribution in [0.3, 0.4) is 0 Å². The van der Waals surface area contributed by atoms with Crippen LogP contribution in [0.5, 0.6) is 0 Å². The first-order valence-corrected chi connectivity index (χ1v) is 6.88. The van der Waals surface area contributed by atoms with E-state index in [2.05, 4.69) is 25.1 Å². The Morgan fingerprint density at radius 2 is 2.05 bits per heavy atom. The monoisotopic (exact) mass is 309 g/mol. The Balaban J connectivity index is 1.72. The van der Waals surface area contributed by atoms with Gasteiger partial charge in [-0.25, -0.2) is 4.63 Å². The van der Waals surface area contributed by atoms with Gasteiger partial charge >= 0.3 is 0 Å². The Morgan fingerprint density at radius 1 is 1.20 bits per heavy atom. The van der Waals surface area contributed by atoms with Crippen molar-refractivity contribution in [3.05, 3.63) is 35.1 Å². The minimum absolute atomic E-state index is 0.110. The second-order valence-electron chi connectivity index (χ2n) is 3.73. The molecule has 3 aromatic rings. The zero-order chi connectivity index (χ0) is 13.9.